The fourth-order valence-electron chi connectivity index (χ4n) is 5.83. The van der Waals surface area contributed by atoms with Crippen LogP contribution >= 0.6 is 0 Å². The van der Waals surface area contributed by atoms with E-state index in [0.29, 0.717) is 6.42 Å². The predicted molar refractivity (Wildman–Crippen MR) is 118 cm³/mol. The Balaban J connectivity index is 1.71. The zero-order valence-corrected chi connectivity index (χ0v) is 18.2. The summed E-state index contributed by atoms with van der Waals surface area (Å²) in [4.78, 5) is 26.4. The van der Waals surface area contributed by atoms with Crippen LogP contribution in [0.3, 0.4) is 0 Å². The summed E-state index contributed by atoms with van der Waals surface area (Å²) < 4.78 is 0. The quantitative estimate of drug-likeness (QED) is 0.544. The van der Waals surface area contributed by atoms with Crippen LogP contribution in [0.5, 0.6) is 0 Å². The molecule has 1 fully saturated rings. The normalized spacial score (nSPS) is 27.6. The topological polar surface area (TPSA) is 34.1 Å². The maximum Gasteiger partial charge on any atom is 0.170 e. The maximum absolute atomic E-state index is 13.4. The summed E-state index contributed by atoms with van der Waals surface area (Å²) >= 11 is 0. The van der Waals surface area contributed by atoms with Crippen molar-refractivity contribution in [1.82, 2.24) is 0 Å². The van der Waals surface area contributed by atoms with E-state index in [1.807, 2.05) is 6.92 Å². The predicted octanol–water partition coefficient (Wildman–Crippen LogP) is 6.17. The van der Waals surface area contributed by atoms with Crippen molar-refractivity contribution in [2.45, 2.75) is 72.1 Å². The largest absolute Gasteiger partial charge is 0.298 e. The lowest BCUT2D eigenvalue weighted by Crippen LogP contribution is -2.38. The third kappa shape index (κ3) is 3.79. The summed E-state index contributed by atoms with van der Waals surface area (Å²) in [5.41, 5.74) is 6.02. The lowest BCUT2D eigenvalue weighted by atomic mass is 9.71. The number of carbonyl (C=O) groups is 2. The molecule has 0 radical (unpaired) electrons. The molecule has 29 heavy (non-hydrogen) atoms. The van der Waals surface area contributed by atoms with E-state index in [1.165, 1.54) is 42.4 Å². The second-order valence-electron chi connectivity index (χ2n) is 9.37. The third-order valence-corrected chi connectivity index (χ3v) is 7.47. The van der Waals surface area contributed by atoms with Gasteiger partial charge in [-0.1, -0.05) is 81.0 Å². The molecule has 0 N–H and O–H groups in total. The lowest BCUT2D eigenvalue weighted by molar-refractivity contribution is -0.134. The van der Waals surface area contributed by atoms with Gasteiger partial charge in [0.15, 0.2) is 11.6 Å². The van der Waals surface area contributed by atoms with Crippen LogP contribution in [-0.2, 0) is 16.0 Å². The molecule has 0 aliphatic heterocycles. The number of aryl methyl sites for hydroxylation is 1. The molecule has 1 aromatic carbocycles. The number of ketones is 2. The zero-order valence-electron chi connectivity index (χ0n) is 18.2. The Labute approximate surface area is 175 Å². The number of benzene rings is 1. The van der Waals surface area contributed by atoms with Crippen molar-refractivity contribution in [3.63, 3.8) is 0 Å². The molecule has 3 aliphatic rings. The molecule has 0 bridgehead atoms. The molecule has 2 nitrogen and oxygen atoms in total. The number of carbonyl (C=O) groups excluding carboxylic acids is 2. The SMILES string of the molecule is CCC1C(=O)C2=C(C=C(CC3CCCC3)C2Cc2ccc(C)cc2)C(CC)C1=O. The minimum atomic E-state index is -0.432. The number of allylic oxidation sites excluding steroid dienone is 4. The van der Waals surface area contributed by atoms with Gasteiger partial charge in [-0.3, -0.25) is 9.59 Å². The molecule has 2 heteroatoms. The molecule has 0 aromatic heterocycles. The van der Waals surface area contributed by atoms with Crippen molar-refractivity contribution in [3.8, 4) is 0 Å². The summed E-state index contributed by atoms with van der Waals surface area (Å²) in [6.07, 6.45) is 11.0. The molecule has 4 rings (SSSR count). The molecule has 3 aliphatic carbocycles. The van der Waals surface area contributed by atoms with E-state index in [9.17, 15) is 9.59 Å². The minimum Gasteiger partial charge on any atom is -0.298 e. The van der Waals surface area contributed by atoms with E-state index in [0.717, 1.165) is 36.3 Å². The van der Waals surface area contributed by atoms with Crippen molar-refractivity contribution >= 4 is 11.6 Å². The van der Waals surface area contributed by atoms with Gasteiger partial charge >= 0.3 is 0 Å². The summed E-state index contributed by atoms with van der Waals surface area (Å²) in [5, 5.41) is 0. The van der Waals surface area contributed by atoms with E-state index in [-0.39, 0.29) is 23.4 Å². The molecule has 3 atom stereocenters. The smallest absolute Gasteiger partial charge is 0.170 e. The van der Waals surface area contributed by atoms with Gasteiger partial charge in [0.25, 0.3) is 0 Å². The Kier molecular flexibility index (Phi) is 5.90. The molecule has 3 unspecified atom stereocenters. The van der Waals surface area contributed by atoms with E-state index >= 15 is 0 Å². The number of hydrogen-bond acceptors (Lipinski definition) is 2. The Morgan fingerprint density at radius 2 is 1.52 bits per heavy atom. The summed E-state index contributed by atoms with van der Waals surface area (Å²) in [6.45, 7) is 6.18. The van der Waals surface area contributed by atoms with Gasteiger partial charge in [0, 0.05) is 17.4 Å². The van der Waals surface area contributed by atoms with Crippen molar-refractivity contribution < 1.29 is 9.59 Å². The lowest BCUT2D eigenvalue weighted by Gasteiger charge is -2.30. The van der Waals surface area contributed by atoms with Crippen LogP contribution in [0.4, 0.5) is 0 Å². The van der Waals surface area contributed by atoms with Crippen LogP contribution in [0.1, 0.15) is 69.9 Å². The second kappa shape index (κ2) is 8.42. The standard InChI is InChI=1S/C27H34O2/c1-4-21-24-16-20(14-18-8-6-7-9-18)23(15-19-12-10-17(3)11-13-19)25(24)27(29)22(5-2)26(21)28/h10-13,16,18,21-23H,4-9,14-15H2,1-3H3. The summed E-state index contributed by atoms with van der Waals surface area (Å²) in [7, 11) is 0. The highest BCUT2D eigenvalue weighted by atomic mass is 16.2. The molecule has 0 amide bonds. The molecule has 1 saturated carbocycles. The molecular weight excluding hydrogens is 356 g/mol. The van der Waals surface area contributed by atoms with Crippen molar-refractivity contribution in [1.29, 1.82) is 0 Å². The number of hydrogen-bond donors (Lipinski definition) is 0. The first-order valence-electron chi connectivity index (χ1n) is 11.6. The summed E-state index contributed by atoms with van der Waals surface area (Å²) in [5.74, 6) is 0.666. The van der Waals surface area contributed by atoms with Gasteiger partial charge in [-0.15, -0.1) is 0 Å². The highest BCUT2D eigenvalue weighted by Crippen LogP contribution is 2.47. The Morgan fingerprint density at radius 3 is 2.14 bits per heavy atom. The Bertz CT molecular complexity index is 849. The van der Waals surface area contributed by atoms with E-state index < -0.39 is 5.92 Å². The van der Waals surface area contributed by atoms with Crippen molar-refractivity contribution in [2.24, 2.45) is 23.7 Å². The van der Waals surface area contributed by atoms with E-state index in [1.54, 1.807) is 0 Å². The zero-order chi connectivity index (χ0) is 20.5. The van der Waals surface area contributed by atoms with Gasteiger partial charge in [0.1, 0.15) is 0 Å². The highest BCUT2D eigenvalue weighted by molar-refractivity contribution is 6.16. The molecule has 1 aromatic rings. The Morgan fingerprint density at radius 1 is 0.862 bits per heavy atom. The van der Waals surface area contributed by atoms with Gasteiger partial charge in [-0.2, -0.15) is 0 Å². The number of Topliss-reactive ketones (excluding diaryl/α,β-unsaturated/α-hetero) is 2. The van der Waals surface area contributed by atoms with E-state index in [2.05, 4.69) is 44.2 Å². The van der Waals surface area contributed by atoms with Crippen LogP contribution in [0.15, 0.2) is 47.1 Å². The first-order chi connectivity index (χ1) is 14.0. The molecule has 0 spiro atoms. The van der Waals surface area contributed by atoms with Gasteiger partial charge in [0.05, 0.1) is 5.92 Å². The van der Waals surface area contributed by atoms with Crippen LogP contribution in [0.2, 0.25) is 0 Å². The highest BCUT2D eigenvalue weighted by Gasteiger charge is 2.46. The van der Waals surface area contributed by atoms with Gasteiger partial charge in [-0.25, -0.2) is 0 Å². The van der Waals surface area contributed by atoms with Crippen LogP contribution in [-0.4, -0.2) is 11.6 Å². The fourth-order valence-corrected chi connectivity index (χ4v) is 5.83. The molecule has 0 heterocycles. The van der Waals surface area contributed by atoms with Gasteiger partial charge < -0.3 is 0 Å². The van der Waals surface area contributed by atoms with Crippen LogP contribution in [0.25, 0.3) is 0 Å². The molecule has 154 valence electrons. The first kappa shape index (κ1) is 20.3. The maximum atomic E-state index is 13.4. The van der Waals surface area contributed by atoms with Crippen molar-refractivity contribution in [2.75, 3.05) is 0 Å². The second-order valence-corrected chi connectivity index (χ2v) is 9.37. The monoisotopic (exact) mass is 390 g/mol. The van der Waals surface area contributed by atoms with E-state index in [4.69, 9.17) is 0 Å². The number of rotatable bonds is 6. The minimum absolute atomic E-state index is 0.0887. The molecular formula is C27H34O2. The third-order valence-electron chi connectivity index (χ3n) is 7.47. The molecule has 0 saturated heterocycles. The van der Waals surface area contributed by atoms with Gasteiger partial charge in [0.2, 0.25) is 0 Å². The van der Waals surface area contributed by atoms with Gasteiger partial charge in [-0.05, 0) is 49.7 Å². The van der Waals surface area contributed by atoms with Crippen LogP contribution in [0, 0.1) is 30.6 Å². The van der Waals surface area contributed by atoms with Crippen LogP contribution < -0.4 is 0 Å². The van der Waals surface area contributed by atoms with Crippen molar-refractivity contribution in [3.05, 3.63) is 58.2 Å². The first-order valence-corrected chi connectivity index (χ1v) is 11.6. The average molecular weight is 391 g/mol. The fraction of sp³-hybridized carbons (Fsp3) is 0.556. The summed E-state index contributed by atoms with van der Waals surface area (Å²) in [6, 6.07) is 8.73. The Hall–Kier alpha value is -1.96. The average Bonchev–Trinajstić information content (AvgIpc) is 3.33.